The molecule has 4 nitrogen and oxygen atoms in total. The largest absolute Gasteiger partial charge is 0.497 e. The van der Waals surface area contributed by atoms with Crippen LogP contribution in [-0.4, -0.2) is 13.0 Å². The van der Waals surface area contributed by atoms with Gasteiger partial charge in [0.1, 0.15) is 11.6 Å². The highest BCUT2D eigenvalue weighted by molar-refractivity contribution is 6.05. The SMILES string of the molecule is COc1ccc(N)c(NC(=O)c2ccc(C)c(F)c2)c1. The topological polar surface area (TPSA) is 64.3 Å². The molecule has 2 rings (SSSR count). The van der Waals surface area contributed by atoms with Crippen LogP contribution in [0.25, 0.3) is 0 Å². The molecule has 0 spiro atoms. The second kappa shape index (κ2) is 5.61. The first-order chi connectivity index (χ1) is 9.51. The molecule has 0 aliphatic heterocycles. The van der Waals surface area contributed by atoms with E-state index in [0.717, 1.165) is 0 Å². The van der Waals surface area contributed by atoms with Crippen molar-refractivity contribution in [2.75, 3.05) is 18.2 Å². The van der Waals surface area contributed by atoms with E-state index in [1.165, 1.54) is 13.2 Å². The van der Waals surface area contributed by atoms with Crippen molar-refractivity contribution in [2.24, 2.45) is 0 Å². The Morgan fingerprint density at radius 2 is 2.00 bits per heavy atom. The lowest BCUT2D eigenvalue weighted by Crippen LogP contribution is -2.13. The zero-order valence-corrected chi connectivity index (χ0v) is 11.2. The van der Waals surface area contributed by atoms with E-state index in [4.69, 9.17) is 10.5 Å². The summed E-state index contributed by atoms with van der Waals surface area (Å²) in [5.41, 5.74) is 7.34. The van der Waals surface area contributed by atoms with Gasteiger partial charge >= 0.3 is 0 Å². The number of aryl methyl sites for hydroxylation is 1. The number of nitrogens with one attached hydrogen (secondary N) is 1. The average molecular weight is 274 g/mol. The van der Waals surface area contributed by atoms with Gasteiger partial charge in [-0.3, -0.25) is 4.79 Å². The highest BCUT2D eigenvalue weighted by atomic mass is 19.1. The van der Waals surface area contributed by atoms with Crippen LogP contribution in [0.2, 0.25) is 0 Å². The molecule has 0 radical (unpaired) electrons. The Morgan fingerprint density at radius 1 is 1.25 bits per heavy atom. The van der Waals surface area contributed by atoms with Gasteiger partial charge in [-0.25, -0.2) is 4.39 Å². The molecule has 3 N–H and O–H groups in total. The molecule has 0 saturated carbocycles. The summed E-state index contributed by atoms with van der Waals surface area (Å²) < 4.78 is 18.5. The van der Waals surface area contributed by atoms with Gasteiger partial charge in [0.05, 0.1) is 18.5 Å². The quantitative estimate of drug-likeness (QED) is 0.846. The molecule has 0 bridgehead atoms. The molecule has 2 aromatic rings. The van der Waals surface area contributed by atoms with Crippen molar-refractivity contribution in [1.82, 2.24) is 0 Å². The third-order valence-corrected chi connectivity index (χ3v) is 2.94. The zero-order chi connectivity index (χ0) is 14.7. The number of carbonyl (C=O) groups excluding carboxylic acids is 1. The van der Waals surface area contributed by atoms with Crippen molar-refractivity contribution < 1.29 is 13.9 Å². The number of methoxy groups -OCH3 is 1. The lowest BCUT2D eigenvalue weighted by Gasteiger charge is -2.10. The van der Waals surface area contributed by atoms with Gasteiger partial charge in [0.15, 0.2) is 0 Å². The van der Waals surface area contributed by atoms with E-state index in [-0.39, 0.29) is 5.56 Å². The normalized spacial score (nSPS) is 10.2. The van der Waals surface area contributed by atoms with Gasteiger partial charge in [-0.15, -0.1) is 0 Å². The summed E-state index contributed by atoms with van der Waals surface area (Å²) in [4.78, 5) is 12.1. The van der Waals surface area contributed by atoms with Gasteiger partial charge in [-0.05, 0) is 36.8 Å². The van der Waals surface area contributed by atoms with Crippen molar-refractivity contribution in [3.05, 3.63) is 53.3 Å². The van der Waals surface area contributed by atoms with Gasteiger partial charge in [0, 0.05) is 11.6 Å². The van der Waals surface area contributed by atoms with Crippen LogP contribution in [0.3, 0.4) is 0 Å². The number of nitrogens with two attached hydrogens (primary N) is 1. The second-order valence-corrected chi connectivity index (χ2v) is 4.37. The molecule has 1 amide bonds. The van der Waals surface area contributed by atoms with Crippen LogP contribution in [0.4, 0.5) is 15.8 Å². The molecule has 0 aromatic heterocycles. The summed E-state index contributed by atoms with van der Waals surface area (Å²) in [7, 11) is 1.52. The van der Waals surface area contributed by atoms with Crippen LogP contribution in [0.5, 0.6) is 5.75 Å². The van der Waals surface area contributed by atoms with E-state index in [0.29, 0.717) is 22.7 Å². The standard InChI is InChI=1S/C15H15FN2O2/c1-9-3-4-10(7-12(9)16)15(19)18-14-8-11(20-2)5-6-13(14)17/h3-8H,17H2,1-2H3,(H,18,19). The molecule has 0 heterocycles. The number of ether oxygens (including phenoxy) is 1. The Hall–Kier alpha value is -2.56. The van der Waals surface area contributed by atoms with Gasteiger partial charge in [-0.2, -0.15) is 0 Å². The maximum Gasteiger partial charge on any atom is 0.255 e. The van der Waals surface area contributed by atoms with Crippen LogP contribution in [0.15, 0.2) is 36.4 Å². The van der Waals surface area contributed by atoms with Crippen LogP contribution in [0, 0.1) is 12.7 Å². The minimum atomic E-state index is -0.427. The highest BCUT2D eigenvalue weighted by Crippen LogP contribution is 2.25. The number of halogens is 1. The van der Waals surface area contributed by atoms with E-state index in [9.17, 15) is 9.18 Å². The van der Waals surface area contributed by atoms with Crippen molar-refractivity contribution in [3.8, 4) is 5.75 Å². The molecule has 0 aliphatic carbocycles. The number of amides is 1. The number of anilines is 2. The number of hydrogen-bond acceptors (Lipinski definition) is 3. The first-order valence-corrected chi connectivity index (χ1v) is 6.02. The van der Waals surface area contributed by atoms with Crippen molar-refractivity contribution >= 4 is 17.3 Å². The predicted molar refractivity (Wildman–Crippen MR) is 76.5 cm³/mol. The Labute approximate surface area is 116 Å². The Balaban J connectivity index is 2.25. The molecule has 0 atom stereocenters. The molecule has 5 heteroatoms. The molecule has 104 valence electrons. The predicted octanol–water partition coefficient (Wildman–Crippen LogP) is 2.98. The van der Waals surface area contributed by atoms with Gasteiger partial charge < -0.3 is 15.8 Å². The van der Waals surface area contributed by atoms with Gasteiger partial charge in [0.25, 0.3) is 5.91 Å². The molecule has 2 aromatic carbocycles. The molecule has 20 heavy (non-hydrogen) atoms. The first-order valence-electron chi connectivity index (χ1n) is 6.02. The third-order valence-electron chi connectivity index (χ3n) is 2.94. The van der Waals surface area contributed by atoms with E-state index in [1.807, 2.05) is 0 Å². The summed E-state index contributed by atoms with van der Waals surface area (Å²) >= 11 is 0. The van der Waals surface area contributed by atoms with E-state index < -0.39 is 11.7 Å². The highest BCUT2D eigenvalue weighted by Gasteiger charge is 2.10. The van der Waals surface area contributed by atoms with Crippen LogP contribution in [-0.2, 0) is 0 Å². The zero-order valence-electron chi connectivity index (χ0n) is 11.2. The van der Waals surface area contributed by atoms with E-state index in [1.54, 1.807) is 37.3 Å². The monoisotopic (exact) mass is 274 g/mol. The van der Waals surface area contributed by atoms with E-state index in [2.05, 4.69) is 5.32 Å². The summed E-state index contributed by atoms with van der Waals surface area (Å²) in [6.07, 6.45) is 0. The molecule has 0 unspecified atom stereocenters. The van der Waals surface area contributed by atoms with Crippen molar-refractivity contribution in [2.45, 2.75) is 6.92 Å². The summed E-state index contributed by atoms with van der Waals surface area (Å²) in [6, 6.07) is 9.24. The fourth-order valence-electron chi connectivity index (χ4n) is 1.70. The lowest BCUT2D eigenvalue weighted by molar-refractivity contribution is 0.102. The van der Waals surface area contributed by atoms with Crippen LogP contribution < -0.4 is 15.8 Å². The number of carbonyl (C=O) groups is 1. The van der Waals surface area contributed by atoms with Crippen molar-refractivity contribution in [1.29, 1.82) is 0 Å². The maximum absolute atomic E-state index is 13.5. The van der Waals surface area contributed by atoms with Gasteiger partial charge in [-0.1, -0.05) is 6.07 Å². The molecule has 0 saturated heterocycles. The van der Waals surface area contributed by atoms with Gasteiger partial charge in [0.2, 0.25) is 0 Å². The molecule has 0 aliphatic rings. The summed E-state index contributed by atoms with van der Waals surface area (Å²) in [5.74, 6) is -0.273. The molecule has 0 fully saturated rings. The van der Waals surface area contributed by atoms with Crippen LogP contribution >= 0.6 is 0 Å². The molecular formula is C15H15FN2O2. The lowest BCUT2D eigenvalue weighted by atomic mass is 10.1. The Kier molecular flexibility index (Phi) is 3.89. The fourth-order valence-corrected chi connectivity index (χ4v) is 1.70. The number of nitrogen functional groups attached to an aromatic ring is 1. The first kappa shape index (κ1) is 13.9. The van der Waals surface area contributed by atoms with Crippen LogP contribution in [0.1, 0.15) is 15.9 Å². The third kappa shape index (κ3) is 2.88. The number of rotatable bonds is 3. The smallest absolute Gasteiger partial charge is 0.255 e. The Morgan fingerprint density at radius 3 is 2.65 bits per heavy atom. The minimum absolute atomic E-state index is 0.232. The second-order valence-electron chi connectivity index (χ2n) is 4.37. The number of benzene rings is 2. The maximum atomic E-state index is 13.5. The fraction of sp³-hybridized carbons (Fsp3) is 0.133. The summed E-state index contributed by atoms with van der Waals surface area (Å²) in [5, 5.41) is 2.64. The number of hydrogen-bond donors (Lipinski definition) is 2. The molecular weight excluding hydrogens is 259 g/mol. The van der Waals surface area contributed by atoms with Crippen molar-refractivity contribution in [3.63, 3.8) is 0 Å². The summed E-state index contributed by atoms with van der Waals surface area (Å²) in [6.45, 7) is 1.64. The average Bonchev–Trinajstić information content (AvgIpc) is 2.44. The van der Waals surface area contributed by atoms with E-state index >= 15 is 0 Å². The minimum Gasteiger partial charge on any atom is -0.497 e. The Bertz CT molecular complexity index is 656.